The number of halogens is 1. The van der Waals surface area contributed by atoms with Crippen molar-refractivity contribution in [1.29, 1.82) is 0 Å². The number of oxime groups is 1. The molecule has 0 aromatic heterocycles. The predicted molar refractivity (Wildman–Crippen MR) is 27.4 cm³/mol. The lowest BCUT2D eigenvalue weighted by Gasteiger charge is -1.84. The fraction of sp³-hybridized carbons (Fsp3) is 0.333. The van der Waals surface area contributed by atoms with E-state index in [-0.39, 0.29) is 0 Å². The number of nitrogens with zero attached hydrogens (tertiary/aromatic N) is 1. The Morgan fingerprint density at radius 2 is 2.50 bits per heavy atom. The molecule has 4 nitrogen and oxygen atoms in total. The van der Waals surface area contributed by atoms with E-state index in [4.69, 9.17) is 0 Å². The summed E-state index contributed by atoms with van der Waals surface area (Å²) in [6.07, 6.45) is 0.812. The van der Waals surface area contributed by atoms with Gasteiger partial charge in [0.1, 0.15) is 0 Å². The quantitative estimate of drug-likeness (QED) is 0.313. The zero-order chi connectivity index (χ0) is 6.41. The van der Waals surface area contributed by atoms with E-state index in [0.29, 0.717) is 0 Å². The van der Waals surface area contributed by atoms with E-state index < -0.39 is 5.97 Å². The molecule has 0 N–H and O–H groups in total. The minimum absolute atomic E-state index is 0.606. The topological polar surface area (TPSA) is 47.9 Å². The lowest BCUT2D eigenvalue weighted by Crippen LogP contribution is -2.00. The molecule has 0 aromatic carbocycles. The minimum atomic E-state index is -0.606. The fourth-order valence-electron chi connectivity index (χ4n) is 0.116. The maximum Gasteiger partial charge on any atom is 0.352 e. The summed E-state index contributed by atoms with van der Waals surface area (Å²) < 4.78 is 7.78. The Labute approximate surface area is 51.2 Å². The van der Waals surface area contributed by atoms with E-state index in [1.54, 1.807) is 0 Å². The monoisotopic (exact) mass is 137 g/mol. The molecule has 0 amide bonds. The summed E-state index contributed by atoms with van der Waals surface area (Å²) in [5.74, 6) is -0.606. The van der Waals surface area contributed by atoms with E-state index in [1.165, 1.54) is 7.11 Å². The summed E-state index contributed by atoms with van der Waals surface area (Å²) in [5.41, 5.74) is 0. The van der Waals surface area contributed by atoms with Crippen LogP contribution in [0.2, 0.25) is 0 Å². The van der Waals surface area contributed by atoms with Crippen LogP contribution in [0.25, 0.3) is 0 Å². The smallest absolute Gasteiger partial charge is 0.352 e. The van der Waals surface area contributed by atoms with Crippen LogP contribution < -0.4 is 0 Å². The molecule has 0 spiro atoms. The Balaban J connectivity index is 3.37. The first-order valence-electron chi connectivity index (χ1n) is 1.70. The zero-order valence-corrected chi connectivity index (χ0v) is 4.88. The second-order valence-electron chi connectivity index (χ2n) is 0.827. The summed E-state index contributed by atoms with van der Waals surface area (Å²) >= 11 is 4.60. The summed E-state index contributed by atoms with van der Waals surface area (Å²) in [6.45, 7) is 0. The molecule has 0 radical (unpaired) electrons. The highest BCUT2D eigenvalue weighted by Crippen LogP contribution is 1.77. The van der Waals surface area contributed by atoms with Crippen LogP contribution in [-0.4, -0.2) is 19.3 Å². The van der Waals surface area contributed by atoms with Gasteiger partial charge in [-0.3, -0.25) is 4.39 Å². The largest absolute Gasteiger partial charge is 0.465 e. The van der Waals surface area contributed by atoms with E-state index >= 15 is 0 Å². The molecule has 0 atom stereocenters. The summed E-state index contributed by atoms with van der Waals surface area (Å²) in [7, 11) is 1.22. The van der Waals surface area contributed by atoms with Crippen molar-refractivity contribution in [3.05, 3.63) is 0 Å². The van der Waals surface area contributed by atoms with Gasteiger partial charge in [0.05, 0.1) is 7.11 Å². The van der Waals surface area contributed by atoms with Crippen LogP contribution in [-0.2, 0) is 13.9 Å². The highest BCUT2D eigenvalue weighted by molar-refractivity contribution is 6.23. The average Bonchev–Trinajstić information content (AvgIpc) is 1.83. The Morgan fingerprint density at radius 1 is 1.88 bits per heavy atom. The second kappa shape index (κ2) is 4.39. The predicted octanol–water partition coefficient (Wildman–Crippen LogP) is 0.316. The van der Waals surface area contributed by atoms with Gasteiger partial charge in [-0.25, -0.2) is 4.79 Å². The number of esters is 1. The fourth-order valence-corrected chi connectivity index (χ4v) is 0.155. The molecule has 0 aliphatic heterocycles. The van der Waals surface area contributed by atoms with Gasteiger partial charge in [0.2, 0.25) is 0 Å². The van der Waals surface area contributed by atoms with Gasteiger partial charge in [0, 0.05) is 0 Å². The van der Waals surface area contributed by atoms with Crippen LogP contribution >= 0.6 is 11.9 Å². The Bertz CT molecular complexity index is 103. The first kappa shape index (κ1) is 7.23. The van der Waals surface area contributed by atoms with Crippen LogP contribution in [0.5, 0.6) is 0 Å². The molecule has 0 saturated carbocycles. The maximum atomic E-state index is 10.1. The Kier molecular flexibility index (Phi) is 3.97. The maximum absolute atomic E-state index is 10.1. The first-order chi connectivity index (χ1) is 3.81. The SMILES string of the molecule is COC(=O)C=NOCl. The third-order valence-electron chi connectivity index (χ3n) is 0.399. The van der Waals surface area contributed by atoms with Gasteiger partial charge < -0.3 is 4.74 Å². The van der Waals surface area contributed by atoms with Crippen molar-refractivity contribution in [3.63, 3.8) is 0 Å². The lowest BCUT2D eigenvalue weighted by molar-refractivity contribution is -0.132. The number of carbonyl (C=O) groups is 1. The molecule has 46 valence electrons. The van der Waals surface area contributed by atoms with Crippen LogP contribution in [0.15, 0.2) is 5.16 Å². The zero-order valence-electron chi connectivity index (χ0n) is 4.13. The molecule has 0 fully saturated rings. The van der Waals surface area contributed by atoms with Crippen molar-refractivity contribution in [1.82, 2.24) is 0 Å². The normalized spacial score (nSPS) is 9.25. The van der Waals surface area contributed by atoms with Gasteiger partial charge in [-0.15, -0.1) is 0 Å². The standard InChI is InChI=1S/C3H4ClNO3/c1-7-3(6)2-5-8-4/h2H,1H3. The second-order valence-corrected chi connectivity index (χ2v) is 0.965. The number of carbonyl (C=O) groups excluding carboxylic acids is 1. The molecule has 0 unspecified atom stereocenters. The van der Waals surface area contributed by atoms with Crippen molar-refractivity contribution < 1.29 is 13.9 Å². The van der Waals surface area contributed by atoms with Gasteiger partial charge in [0.15, 0.2) is 18.1 Å². The van der Waals surface area contributed by atoms with E-state index in [9.17, 15) is 4.79 Å². The van der Waals surface area contributed by atoms with Crippen molar-refractivity contribution >= 4 is 24.0 Å². The molecular weight excluding hydrogens is 133 g/mol. The van der Waals surface area contributed by atoms with Crippen molar-refractivity contribution in [2.24, 2.45) is 5.16 Å². The van der Waals surface area contributed by atoms with E-state index in [0.717, 1.165) is 6.21 Å². The molecule has 0 bridgehead atoms. The van der Waals surface area contributed by atoms with Crippen molar-refractivity contribution in [3.8, 4) is 0 Å². The van der Waals surface area contributed by atoms with E-state index in [1.807, 2.05) is 0 Å². The summed E-state index contributed by atoms with van der Waals surface area (Å²) in [6, 6.07) is 0. The van der Waals surface area contributed by atoms with Crippen molar-refractivity contribution in [2.75, 3.05) is 7.11 Å². The third kappa shape index (κ3) is 3.42. The van der Waals surface area contributed by atoms with Crippen LogP contribution in [0.4, 0.5) is 0 Å². The molecule has 0 saturated heterocycles. The van der Waals surface area contributed by atoms with Crippen molar-refractivity contribution in [2.45, 2.75) is 0 Å². The minimum Gasteiger partial charge on any atom is -0.465 e. The summed E-state index contributed by atoms with van der Waals surface area (Å²) in [5, 5.41) is 2.91. The molecule has 0 rings (SSSR count). The molecule has 5 heteroatoms. The van der Waals surface area contributed by atoms with Crippen LogP contribution in [0, 0.1) is 0 Å². The number of hydrogen-bond acceptors (Lipinski definition) is 4. The van der Waals surface area contributed by atoms with E-state index in [2.05, 4.69) is 26.1 Å². The Morgan fingerprint density at radius 3 is 2.88 bits per heavy atom. The highest BCUT2D eigenvalue weighted by atomic mass is 35.5. The highest BCUT2D eigenvalue weighted by Gasteiger charge is 1.89. The van der Waals surface area contributed by atoms with Crippen LogP contribution in [0.3, 0.4) is 0 Å². The number of ether oxygens (including phenoxy) is 1. The van der Waals surface area contributed by atoms with Crippen LogP contribution in [0.1, 0.15) is 0 Å². The third-order valence-corrected chi connectivity index (χ3v) is 0.479. The summed E-state index contributed by atoms with van der Waals surface area (Å²) in [4.78, 5) is 10.1. The number of rotatable bonds is 2. The molecular formula is C3H4ClNO3. The lowest BCUT2D eigenvalue weighted by atomic mass is 10.8. The molecule has 0 aliphatic rings. The molecule has 0 heterocycles. The van der Waals surface area contributed by atoms with Gasteiger partial charge in [-0.2, -0.15) is 0 Å². The number of hydrogen-bond donors (Lipinski definition) is 0. The molecule has 0 aromatic rings. The van der Waals surface area contributed by atoms with Gasteiger partial charge in [0.25, 0.3) is 0 Å². The average molecular weight is 138 g/mol. The number of methoxy groups -OCH3 is 1. The van der Waals surface area contributed by atoms with Gasteiger partial charge >= 0.3 is 5.97 Å². The first-order valence-corrected chi connectivity index (χ1v) is 2.01. The Hall–Kier alpha value is -0.770. The van der Waals surface area contributed by atoms with Gasteiger partial charge in [-0.05, 0) is 0 Å². The van der Waals surface area contributed by atoms with Gasteiger partial charge in [-0.1, -0.05) is 5.16 Å². The molecule has 8 heavy (non-hydrogen) atoms. The molecule has 0 aliphatic carbocycles.